The first-order chi connectivity index (χ1) is 4.34. The lowest BCUT2D eigenvalue weighted by atomic mass is 10.4. The first kappa shape index (κ1) is 6.48. The number of hydrogen-bond donors (Lipinski definition) is 0. The number of carbonyl (C=O) groups excluding carboxylic acids is 1. The molecule has 0 spiro atoms. The predicted molar refractivity (Wildman–Crippen MR) is 28.3 cm³/mol. The Morgan fingerprint density at radius 1 is 1.78 bits per heavy atom. The number of hydrogen-bond acceptors (Lipinski definition) is 2. The minimum absolute atomic E-state index is 0.0683. The fraction of sp³-hybridized carbons (Fsp3) is 0.800. The van der Waals surface area contributed by atoms with E-state index < -0.39 is 6.67 Å². The number of amides is 1. The molecule has 0 saturated carbocycles. The number of nitrogens with zero attached hydrogens (tertiary/aromatic N) is 1. The predicted octanol–water partition coefficient (Wildman–Crippen LogP) is 0.120. The molecule has 1 amide bonds. The summed E-state index contributed by atoms with van der Waals surface area (Å²) in [5.74, 6) is -0.118. The van der Waals surface area contributed by atoms with Crippen molar-refractivity contribution in [3.8, 4) is 0 Å². The lowest BCUT2D eigenvalue weighted by molar-refractivity contribution is -0.162. The van der Waals surface area contributed by atoms with Crippen LogP contribution in [0.4, 0.5) is 4.39 Å². The van der Waals surface area contributed by atoms with Crippen molar-refractivity contribution in [2.45, 2.75) is 6.42 Å². The molecule has 4 heteroatoms. The van der Waals surface area contributed by atoms with Crippen LogP contribution < -0.4 is 0 Å². The number of hydroxylamine groups is 2. The van der Waals surface area contributed by atoms with Gasteiger partial charge in [-0.2, -0.15) is 0 Å². The Balaban J connectivity index is 2.31. The maximum absolute atomic E-state index is 11.5. The van der Waals surface area contributed by atoms with Crippen LogP contribution in [0.5, 0.6) is 0 Å². The van der Waals surface area contributed by atoms with E-state index in [1.54, 1.807) is 0 Å². The van der Waals surface area contributed by atoms with Crippen molar-refractivity contribution in [3.63, 3.8) is 0 Å². The van der Waals surface area contributed by atoms with Gasteiger partial charge >= 0.3 is 0 Å². The Hall–Kier alpha value is -0.640. The van der Waals surface area contributed by atoms with E-state index in [0.717, 1.165) is 5.06 Å². The third kappa shape index (κ3) is 1.38. The van der Waals surface area contributed by atoms with Gasteiger partial charge in [-0.3, -0.25) is 9.63 Å². The van der Waals surface area contributed by atoms with Crippen LogP contribution in [0.2, 0.25) is 0 Å². The topological polar surface area (TPSA) is 29.5 Å². The van der Waals surface area contributed by atoms with Gasteiger partial charge in [-0.05, 0) is 0 Å². The molecule has 0 N–H and O–H groups in total. The molecular weight excluding hydrogens is 125 g/mol. The van der Waals surface area contributed by atoms with Crippen molar-refractivity contribution in [3.05, 3.63) is 0 Å². The third-order valence-electron chi connectivity index (χ3n) is 1.13. The van der Waals surface area contributed by atoms with E-state index in [-0.39, 0.29) is 12.5 Å². The highest BCUT2D eigenvalue weighted by atomic mass is 19.1. The Bertz CT molecular complexity index is 118. The molecule has 1 fully saturated rings. The summed E-state index contributed by atoms with van der Waals surface area (Å²) in [4.78, 5) is 15.3. The summed E-state index contributed by atoms with van der Waals surface area (Å²) in [7, 11) is 0. The van der Waals surface area contributed by atoms with E-state index in [4.69, 9.17) is 4.84 Å². The van der Waals surface area contributed by atoms with Gasteiger partial charge in [-0.25, -0.2) is 9.45 Å². The maximum Gasteiger partial charge on any atom is 0.248 e. The van der Waals surface area contributed by atoms with Crippen molar-refractivity contribution >= 4 is 5.91 Å². The molecule has 0 aliphatic carbocycles. The van der Waals surface area contributed by atoms with Gasteiger partial charge in [0, 0.05) is 0 Å². The van der Waals surface area contributed by atoms with Crippen LogP contribution in [0.25, 0.3) is 0 Å². The van der Waals surface area contributed by atoms with Crippen LogP contribution in [0.15, 0.2) is 0 Å². The van der Waals surface area contributed by atoms with Gasteiger partial charge < -0.3 is 0 Å². The molecule has 0 aromatic heterocycles. The molecule has 3 nitrogen and oxygen atoms in total. The lowest BCUT2D eigenvalue weighted by Gasteiger charge is -2.09. The molecular formula is C5H8FNO2. The second kappa shape index (κ2) is 2.77. The van der Waals surface area contributed by atoms with E-state index in [1.165, 1.54) is 0 Å². The average molecular weight is 133 g/mol. The van der Waals surface area contributed by atoms with Gasteiger partial charge in [0.1, 0.15) is 6.67 Å². The molecule has 1 aliphatic rings. The first-order valence-corrected chi connectivity index (χ1v) is 2.84. The van der Waals surface area contributed by atoms with Crippen molar-refractivity contribution in [1.29, 1.82) is 0 Å². The number of rotatable bonds is 2. The van der Waals surface area contributed by atoms with Gasteiger partial charge in [0.25, 0.3) is 0 Å². The standard InChI is InChI=1S/C5H8FNO2/c6-2-3-7-5(8)1-4-9-7/h1-4H2. The largest absolute Gasteiger partial charge is 0.272 e. The molecule has 1 rings (SSSR count). The van der Waals surface area contributed by atoms with Crippen LogP contribution in [0, 0.1) is 0 Å². The quantitative estimate of drug-likeness (QED) is 0.535. The number of carbonyl (C=O) groups is 1. The van der Waals surface area contributed by atoms with Gasteiger partial charge in [0.2, 0.25) is 5.91 Å². The zero-order valence-corrected chi connectivity index (χ0v) is 4.97. The summed E-state index contributed by atoms with van der Waals surface area (Å²) in [6.07, 6.45) is 0.389. The zero-order valence-electron chi connectivity index (χ0n) is 4.97. The second-order valence-electron chi connectivity index (χ2n) is 1.77. The Morgan fingerprint density at radius 3 is 3.00 bits per heavy atom. The Labute approximate surface area is 52.3 Å². The van der Waals surface area contributed by atoms with Crippen LogP contribution >= 0.6 is 0 Å². The Morgan fingerprint density at radius 2 is 2.56 bits per heavy atom. The summed E-state index contributed by atoms with van der Waals surface area (Å²) < 4.78 is 11.5. The highest BCUT2D eigenvalue weighted by Crippen LogP contribution is 2.04. The first-order valence-electron chi connectivity index (χ1n) is 2.84. The van der Waals surface area contributed by atoms with E-state index in [9.17, 15) is 9.18 Å². The molecule has 0 bridgehead atoms. The van der Waals surface area contributed by atoms with E-state index in [2.05, 4.69) is 0 Å². The lowest BCUT2D eigenvalue weighted by Crippen LogP contribution is -2.25. The monoisotopic (exact) mass is 133 g/mol. The molecule has 9 heavy (non-hydrogen) atoms. The summed E-state index contributed by atoms with van der Waals surface area (Å²) in [6, 6.07) is 0. The highest BCUT2D eigenvalue weighted by Gasteiger charge is 2.20. The summed E-state index contributed by atoms with van der Waals surface area (Å²) >= 11 is 0. The molecule has 1 saturated heterocycles. The van der Waals surface area contributed by atoms with Crippen LogP contribution in [0.3, 0.4) is 0 Å². The highest BCUT2D eigenvalue weighted by molar-refractivity contribution is 5.76. The van der Waals surface area contributed by atoms with E-state index in [0.29, 0.717) is 13.0 Å². The van der Waals surface area contributed by atoms with E-state index >= 15 is 0 Å². The Kier molecular flexibility index (Phi) is 2.00. The summed E-state index contributed by atoms with van der Waals surface area (Å²) in [5, 5.41) is 1.07. The van der Waals surface area contributed by atoms with Crippen molar-refractivity contribution in [2.24, 2.45) is 0 Å². The van der Waals surface area contributed by atoms with Crippen LogP contribution in [0.1, 0.15) is 6.42 Å². The fourth-order valence-corrected chi connectivity index (χ4v) is 0.706. The molecule has 0 aromatic rings. The van der Waals surface area contributed by atoms with Gasteiger partial charge in [-0.15, -0.1) is 0 Å². The van der Waals surface area contributed by atoms with Gasteiger partial charge in [-0.1, -0.05) is 0 Å². The van der Waals surface area contributed by atoms with Crippen LogP contribution in [-0.2, 0) is 9.63 Å². The van der Waals surface area contributed by atoms with Crippen molar-refractivity contribution in [1.82, 2.24) is 5.06 Å². The van der Waals surface area contributed by atoms with Crippen molar-refractivity contribution in [2.75, 3.05) is 19.8 Å². The fourth-order valence-electron chi connectivity index (χ4n) is 0.706. The maximum atomic E-state index is 11.5. The second-order valence-corrected chi connectivity index (χ2v) is 1.77. The number of alkyl halides is 1. The minimum Gasteiger partial charge on any atom is -0.272 e. The normalized spacial score (nSPS) is 19.2. The summed E-state index contributed by atoms with van der Waals surface area (Å²) in [5.41, 5.74) is 0. The summed E-state index contributed by atoms with van der Waals surface area (Å²) in [6.45, 7) is -0.0661. The van der Waals surface area contributed by atoms with Crippen molar-refractivity contribution < 1.29 is 14.0 Å². The molecule has 52 valence electrons. The number of halogens is 1. The molecule has 0 aromatic carbocycles. The van der Waals surface area contributed by atoms with Gasteiger partial charge in [0.15, 0.2) is 0 Å². The molecule has 1 heterocycles. The minimum atomic E-state index is -0.536. The molecule has 0 atom stereocenters. The average Bonchev–Trinajstić information content (AvgIpc) is 2.18. The van der Waals surface area contributed by atoms with Crippen LogP contribution in [-0.4, -0.2) is 30.8 Å². The molecule has 0 unspecified atom stereocenters. The SMILES string of the molecule is O=C1CCON1CCF. The molecule has 0 radical (unpaired) electrons. The smallest absolute Gasteiger partial charge is 0.248 e. The molecule has 1 aliphatic heterocycles. The van der Waals surface area contributed by atoms with E-state index in [1.807, 2.05) is 0 Å². The van der Waals surface area contributed by atoms with Gasteiger partial charge in [0.05, 0.1) is 19.6 Å². The zero-order chi connectivity index (χ0) is 6.69. The third-order valence-corrected chi connectivity index (χ3v) is 1.13.